The average molecular weight is 331 g/mol. The fraction of sp³-hybridized carbons (Fsp3) is 0.667. The summed E-state index contributed by atoms with van der Waals surface area (Å²) in [5.41, 5.74) is 4.07. The standard InChI is InChI=1S/C21H34N2O/c1-5-6-7-8-21(24)23(4)19-13-10-17(11-14-19)20-15-18(22-3)12-9-16(20)2/h9,12,15,17,19,22H,5-8,10-11,13-14H2,1-4H3/t17-,19-. The second kappa shape index (κ2) is 9.10. The highest BCUT2D eigenvalue weighted by Gasteiger charge is 2.27. The van der Waals surface area contributed by atoms with E-state index in [1.165, 1.54) is 36.1 Å². The van der Waals surface area contributed by atoms with Crippen molar-refractivity contribution in [2.75, 3.05) is 19.4 Å². The Balaban J connectivity index is 1.90. The molecule has 24 heavy (non-hydrogen) atoms. The van der Waals surface area contributed by atoms with Gasteiger partial charge < -0.3 is 10.2 Å². The predicted molar refractivity (Wildman–Crippen MR) is 103 cm³/mol. The second-order valence-corrected chi connectivity index (χ2v) is 7.29. The molecule has 1 saturated carbocycles. The largest absolute Gasteiger partial charge is 0.388 e. The van der Waals surface area contributed by atoms with E-state index >= 15 is 0 Å². The van der Waals surface area contributed by atoms with Crippen LogP contribution in [-0.2, 0) is 4.79 Å². The Morgan fingerprint density at radius 1 is 1.21 bits per heavy atom. The molecule has 0 aromatic heterocycles. The number of unbranched alkanes of at least 4 members (excludes halogenated alkanes) is 2. The number of nitrogens with zero attached hydrogens (tertiary/aromatic N) is 1. The van der Waals surface area contributed by atoms with Crippen molar-refractivity contribution in [2.24, 2.45) is 0 Å². The van der Waals surface area contributed by atoms with Gasteiger partial charge in [-0.15, -0.1) is 0 Å². The topological polar surface area (TPSA) is 32.3 Å². The molecular formula is C21H34N2O. The third kappa shape index (κ3) is 4.75. The molecule has 0 spiro atoms. The molecule has 0 radical (unpaired) electrons. The lowest BCUT2D eigenvalue weighted by Crippen LogP contribution is -2.39. The van der Waals surface area contributed by atoms with Crippen molar-refractivity contribution >= 4 is 11.6 Å². The van der Waals surface area contributed by atoms with E-state index in [-0.39, 0.29) is 0 Å². The highest BCUT2D eigenvalue weighted by atomic mass is 16.2. The van der Waals surface area contributed by atoms with Crippen LogP contribution in [0.15, 0.2) is 18.2 Å². The van der Waals surface area contributed by atoms with Crippen LogP contribution in [-0.4, -0.2) is 30.9 Å². The third-order valence-electron chi connectivity index (χ3n) is 5.64. The Kier molecular flexibility index (Phi) is 7.14. The molecule has 1 fully saturated rings. The van der Waals surface area contributed by atoms with Gasteiger partial charge in [-0.1, -0.05) is 25.8 Å². The van der Waals surface area contributed by atoms with E-state index in [0.29, 0.717) is 24.3 Å². The molecule has 3 nitrogen and oxygen atoms in total. The summed E-state index contributed by atoms with van der Waals surface area (Å²) in [4.78, 5) is 14.4. The molecular weight excluding hydrogens is 296 g/mol. The van der Waals surface area contributed by atoms with Crippen LogP contribution in [0.5, 0.6) is 0 Å². The lowest BCUT2D eigenvalue weighted by molar-refractivity contribution is -0.132. The number of benzene rings is 1. The van der Waals surface area contributed by atoms with E-state index in [0.717, 1.165) is 25.7 Å². The van der Waals surface area contributed by atoms with Gasteiger partial charge in [-0.05, 0) is 68.2 Å². The normalized spacial score (nSPS) is 20.7. The molecule has 0 atom stereocenters. The zero-order valence-electron chi connectivity index (χ0n) is 15.9. The number of aryl methyl sites for hydroxylation is 1. The van der Waals surface area contributed by atoms with Crippen LogP contribution in [0.2, 0.25) is 0 Å². The van der Waals surface area contributed by atoms with Crippen molar-refractivity contribution in [3.63, 3.8) is 0 Å². The Bertz CT molecular complexity index is 533. The molecule has 134 valence electrons. The molecule has 0 aliphatic heterocycles. The van der Waals surface area contributed by atoms with Crippen LogP contribution < -0.4 is 5.32 Å². The van der Waals surface area contributed by atoms with E-state index < -0.39 is 0 Å². The van der Waals surface area contributed by atoms with Gasteiger partial charge in [0.15, 0.2) is 0 Å². The number of amides is 1. The van der Waals surface area contributed by atoms with E-state index in [1.54, 1.807) is 0 Å². The Hall–Kier alpha value is -1.51. The van der Waals surface area contributed by atoms with Gasteiger partial charge in [-0.3, -0.25) is 4.79 Å². The zero-order chi connectivity index (χ0) is 17.5. The van der Waals surface area contributed by atoms with Crippen LogP contribution in [0.4, 0.5) is 5.69 Å². The molecule has 1 aliphatic rings. The van der Waals surface area contributed by atoms with E-state index in [9.17, 15) is 4.79 Å². The van der Waals surface area contributed by atoms with Gasteiger partial charge in [0.2, 0.25) is 5.91 Å². The minimum Gasteiger partial charge on any atom is -0.388 e. The lowest BCUT2D eigenvalue weighted by atomic mass is 9.79. The number of rotatable bonds is 7. The molecule has 0 saturated heterocycles. The van der Waals surface area contributed by atoms with Crippen molar-refractivity contribution in [3.05, 3.63) is 29.3 Å². The maximum absolute atomic E-state index is 12.3. The molecule has 0 unspecified atom stereocenters. The van der Waals surface area contributed by atoms with E-state index in [1.807, 2.05) is 19.0 Å². The molecule has 3 heteroatoms. The first-order valence-corrected chi connectivity index (χ1v) is 9.60. The van der Waals surface area contributed by atoms with Gasteiger partial charge in [0.25, 0.3) is 0 Å². The quantitative estimate of drug-likeness (QED) is 0.705. The SMILES string of the molecule is CCCCCC(=O)N(C)[C@H]1CC[C@H](c2cc(NC)ccc2C)CC1. The maximum Gasteiger partial charge on any atom is 0.222 e. The summed E-state index contributed by atoms with van der Waals surface area (Å²) in [7, 11) is 3.98. The zero-order valence-corrected chi connectivity index (χ0v) is 15.9. The molecule has 0 bridgehead atoms. The van der Waals surface area contributed by atoms with Crippen LogP contribution in [0, 0.1) is 6.92 Å². The highest BCUT2D eigenvalue weighted by Crippen LogP contribution is 2.37. The Morgan fingerprint density at radius 2 is 1.92 bits per heavy atom. The lowest BCUT2D eigenvalue weighted by Gasteiger charge is -2.35. The van der Waals surface area contributed by atoms with Gasteiger partial charge in [-0.25, -0.2) is 0 Å². The van der Waals surface area contributed by atoms with Crippen molar-refractivity contribution in [3.8, 4) is 0 Å². The second-order valence-electron chi connectivity index (χ2n) is 7.29. The predicted octanol–water partition coefficient (Wildman–Crippen LogP) is 5.10. The first-order chi connectivity index (χ1) is 11.6. The summed E-state index contributed by atoms with van der Waals surface area (Å²) < 4.78 is 0. The van der Waals surface area contributed by atoms with E-state index in [4.69, 9.17) is 0 Å². The molecule has 1 aliphatic carbocycles. The first kappa shape index (κ1) is 18.8. The maximum atomic E-state index is 12.3. The van der Waals surface area contributed by atoms with E-state index in [2.05, 4.69) is 37.4 Å². The summed E-state index contributed by atoms with van der Waals surface area (Å²) in [6.45, 7) is 4.39. The minimum atomic E-state index is 0.334. The summed E-state index contributed by atoms with van der Waals surface area (Å²) >= 11 is 0. The minimum absolute atomic E-state index is 0.334. The fourth-order valence-corrected chi connectivity index (χ4v) is 3.92. The van der Waals surface area contributed by atoms with Crippen LogP contribution in [0.1, 0.15) is 75.3 Å². The van der Waals surface area contributed by atoms with Gasteiger partial charge in [0.1, 0.15) is 0 Å². The monoisotopic (exact) mass is 330 g/mol. The Labute approximate surface area is 147 Å². The molecule has 2 rings (SSSR count). The van der Waals surface area contributed by atoms with Crippen LogP contribution in [0.3, 0.4) is 0 Å². The van der Waals surface area contributed by atoms with Gasteiger partial charge in [0, 0.05) is 32.2 Å². The molecule has 0 heterocycles. The van der Waals surface area contributed by atoms with Gasteiger partial charge in [-0.2, -0.15) is 0 Å². The molecule has 1 amide bonds. The van der Waals surface area contributed by atoms with Crippen LogP contribution in [0.25, 0.3) is 0 Å². The number of nitrogens with one attached hydrogen (secondary N) is 1. The number of anilines is 1. The number of carbonyl (C=O) groups is 1. The van der Waals surface area contributed by atoms with Crippen molar-refractivity contribution in [2.45, 2.75) is 77.2 Å². The summed E-state index contributed by atoms with van der Waals surface area (Å²) in [6, 6.07) is 7.10. The smallest absolute Gasteiger partial charge is 0.222 e. The van der Waals surface area contributed by atoms with Crippen LogP contribution >= 0.6 is 0 Å². The third-order valence-corrected chi connectivity index (χ3v) is 5.64. The number of hydrogen-bond acceptors (Lipinski definition) is 2. The van der Waals surface area contributed by atoms with Gasteiger partial charge in [0.05, 0.1) is 0 Å². The van der Waals surface area contributed by atoms with Crippen molar-refractivity contribution in [1.82, 2.24) is 4.90 Å². The highest BCUT2D eigenvalue weighted by molar-refractivity contribution is 5.76. The molecule has 1 N–H and O–H groups in total. The summed E-state index contributed by atoms with van der Waals surface area (Å²) in [5, 5.41) is 3.25. The average Bonchev–Trinajstić information content (AvgIpc) is 2.62. The molecule has 1 aromatic rings. The first-order valence-electron chi connectivity index (χ1n) is 9.60. The number of hydrogen-bond donors (Lipinski definition) is 1. The number of carbonyl (C=O) groups excluding carboxylic acids is 1. The van der Waals surface area contributed by atoms with Crippen molar-refractivity contribution < 1.29 is 4.79 Å². The summed E-state index contributed by atoms with van der Waals surface area (Å²) in [5.74, 6) is 0.971. The fourth-order valence-electron chi connectivity index (χ4n) is 3.92. The molecule has 1 aromatic carbocycles. The van der Waals surface area contributed by atoms with Crippen molar-refractivity contribution in [1.29, 1.82) is 0 Å². The van der Waals surface area contributed by atoms with Gasteiger partial charge >= 0.3 is 0 Å². The Morgan fingerprint density at radius 3 is 2.54 bits per heavy atom. The summed E-state index contributed by atoms with van der Waals surface area (Å²) in [6.07, 6.45) is 8.71.